The maximum Gasteiger partial charge on any atom is 0.255 e. The molecule has 2 aromatic heterocycles. The standard InChI is InChI=1S/C17H15FN2O3/c1-10-7-14(11(2)22-10)17(21)19-9-12-8-16(23-20-12)13-5-3-4-6-15(13)18/h3-8H,9H2,1-2H3,(H,19,21). The average molecular weight is 314 g/mol. The number of rotatable bonds is 4. The Labute approximate surface area is 132 Å². The molecular formula is C17H15FN2O3. The molecule has 0 saturated heterocycles. The summed E-state index contributed by atoms with van der Waals surface area (Å²) in [5, 5.41) is 6.58. The molecule has 2 heterocycles. The smallest absolute Gasteiger partial charge is 0.255 e. The zero-order valence-corrected chi connectivity index (χ0v) is 12.7. The van der Waals surface area contributed by atoms with Crippen LogP contribution in [0.4, 0.5) is 4.39 Å². The van der Waals surface area contributed by atoms with Crippen molar-refractivity contribution in [3.05, 3.63) is 65.0 Å². The second kappa shape index (κ2) is 6.08. The number of nitrogens with zero attached hydrogens (tertiary/aromatic N) is 1. The Morgan fingerprint density at radius 3 is 2.74 bits per heavy atom. The van der Waals surface area contributed by atoms with Crippen molar-refractivity contribution < 1.29 is 18.1 Å². The van der Waals surface area contributed by atoms with Gasteiger partial charge in [0.15, 0.2) is 5.76 Å². The van der Waals surface area contributed by atoms with E-state index < -0.39 is 0 Å². The summed E-state index contributed by atoms with van der Waals surface area (Å²) in [5.41, 5.74) is 1.33. The van der Waals surface area contributed by atoms with Gasteiger partial charge in [0.25, 0.3) is 5.91 Å². The number of aryl methyl sites for hydroxylation is 2. The molecule has 118 valence electrons. The number of furan rings is 1. The lowest BCUT2D eigenvalue weighted by molar-refractivity contribution is 0.0948. The summed E-state index contributed by atoms with van der Waals surface area (Å²) < 4.78 is 24.2. The van der Waals surface area contributed by atoms with E-state index in [0.717, 1.165) is 0 Å². The molecule has 3 rings (SSSR count). The van der Waals surface area contributed by atoms with Gasteiger partial charge in [-0.2, -0.15) is 0 Å². The van der Waals surface area contributed by atoms with Crippen LogP contribution in [-0.4, -0.2) is 11.1 Å². The number of carbonyl (C=O) groups is 1. The van der Waals surface area contributed by atoms with E-state index in [4.69, 9.17) is 8.94 Å². The third kappa shape index (κ3) is 3.15. The molecule has 1 N–H and O–H groups in total. The largest absolute Gasteiger partial charge is 0.466 e. The van der Waals surface area contributed by atoms with Crippen LogP contribution in [0.1, 0.15) is 27.6 Å². The SMILES string of the molecule is Cc1cc(C(=O)NCc2cc(-c3ccccc3F)on2)c(C)o1. The molecule has 0 aliphatic rings. The lowest BCUT2D eigenvalue weighted by atomic mass is 10.1. The first kappa shape index (κ1) is 15.0. The molecule has 1 aromatic carbocycles. The molecule has 0 aliphatic carbocycles. The van der Waals surface area contributed by atoms with Crippen LogP contribution >= 0.6 is 0 Å². The molecule has 0 bridgehead atoms. The zero-order valence-electron chi connectivity index (χ0n) is 12.7. The van der Waals surface area contributed by atoms with Crippen molar-refractivity contribution >= 4 is 5.91 Å². The molecule has 0 radical (unpaired) electrons. The van der Waals surface area contributed by atoms with Gasteiger partial charge in [-0.25, -0.2) is 4.39 Å². The van der Waals surface area contributed by atoms with Crippen molar-refractivity contribution in [1.29, 1.82) is 0 Å². The Hall–Kier alpha value is -2.89. The van der Waals surface area contributed by atoms with Crippen LogP contribution in [0, 0.1) is 19.7 Å². The zero-order chi connectivity index (χ0) is 16.4. The van der Waals surface area contributed by atoms with Crippen molar-refractivity contribution in [2.24, 2.45) is 0 Å². The van der Waals surface area contributed by atoms with Gasteiger partial charge in [0.1, 0.15) is 23.0 Å². The molecule has 6 heteroatoms. The molecule has 0 atom stereocenters. The van der Waals surface area contributed by atoms with Crippen LogP contribution in [0.15, 0.2) is 45.3 Å². The van der Waals surface area contributed by atoms with E-state index in [1.807, 2.05) is 0 Å². The number of benzene rings is 1. The second-order valence-corrected chi connectivity index (χ2v) is 5.17. The molecule has 1 amide bonds. The summed E-state index contributed by atoms with van der Waals surface area (Å²) in [6, 6.07) is 9.56. The van der Waals surface area contributed by atoms with E-state index in [-0.39, 0.29) is 18.3 Å². The number of hydrogen-bond donors (Lipinski definition) is 1. The highest BCUT2D eigenvalue weighted by Gasteiger charge is 2.15. The Morgan fingerprint density at radius 1 is 1.26 bits per heavy atom. The van der Waals surface area contributed by atoms with Gasteiger partial charge in [-0.05, 0) is 32.0 Å². The molecule has 0 unspecified atom stereocenters. The van der Waals surface area contributed by atoms with E-state index in [1.54, 1.807) is 44.2 Å². The molecule has 3 aromatic rings. The first-order chi connectivity index (χ1) is 11.0. The lowest BCUT2D eigenvalue weighted by Crippen LogP contribution is -2.23. The quantitative estimate of drug-likeness (QED) is 0.798. The summed E-state index contributed by atoms with van der Waals surface area (Å²) in [4.78, 5) is 12.1. The van der Waals surface area contributed by atoms with E-state index >= 15 is 0 Å². The normalized spacial score (nSPS) is 10.7. The number of hydrogen-bond acceptors (Lipinski definition) is 4. The van der Waals surface area contributed by atoms with Gasteiger partial charge < -0.3 is 14.3 Å². The predicted molar refractivity (Wildman–Crippen MR) is 81.2 cm³/mol. The first-order valence-electron chi connectivity index (χ1n) is 7.10. The molecule has 0 saturated carbocycles. The fraction of sp³-hybridized carbons (Fsp3) is 0.176. The van der Waals surface area contributed by atoms with Crippen LogP contribution in [0.3, 0.4) is 0 Å². The number of aromatic nitrogens is 1. The molecule has 0 fully saturated rings. The maximum absolute atomic E-state index is 13.7. The van der Waals surface area contributed by atoms with Crippen LogP contribution in [0.25, 0.3) is 11.3 Å². The summed E-state index contributed by atoms with van der Waals surface area (Å²) in [7, 11) is 0. The molecule has 0 spiro atoms. The van der Waals surface area contributed by atoms with Crippen molar-refractivity contribution in [3.63, 3.8) is 0 Å². The van der Waals surface area contributed by atoms with Crippen molar-refractivity contribution in [1.82, 2.24) is 10.5 Å². The summed E-state index contributed by atoms with van der Waals surface area (Å²) >= 11 is 0. The van der Waals surface area contributed by atoms with Crippen LogP contribution < -0.4 is 5.32 Å². The Balaban J connectivity index is 1.69. The monoisotopic (exact) mass is 314 g/mol. The van der Waals surface area contributed by atoms with Gasteiger partial charge in [-0.1, -0.05) is 17.3 Å². The first-order valence-corrected chi connectivity index (χ1v) is 7.10. The minimum Gasteiger partial charge on any atom is -0.466 e. The number of amides is 1. The highest BCUT2D eigenvalue weighted by atomic mass is 19.1. The topological polar surface area (TPSA) is 68.3 Å². The minimum atomic E-state index is -0.385. The second-order valence-electron chi connectivity index (χ2n) is 5.17. The molecule has 0 aliphatic heterocycles. The highest BCUT2D eigenvalue weighted by Crippen LogP contribution is 2.23. The number of nitrogens with one attached hydrogen (secondary N) is 1. The van der Waals surface area contributed by atoms with Gasteiger partial charge >= 0.3 is 0 Å². The molecule has 23 heavy (non-hydrogen) atoms. The van der Waals surface area contributed by atoms with E-state index in [1.165, 1.54) is 6.07 Å². The van der Waals surface area contributed by atoms with Crippen molar-refractivity contribution in [2.75, 3.05) is 0 Å². The highest BCUT2D eigenvalue weighted by molar-refractivity contribution is 5.95. The third-order valence-electron chi connectivity index (χ3n) is 3.41. The molecule has 5 nitrogen and oxygen atoms in total. The van der Waals surface area contributed by atoms with Crippen LogP contribution in [-0.2, 0) is 6.54 Å². The van der Waals surface area contributed by atoms with Crippen LogP contribution in [0.2, 0.25) is 0 Å². The summed E-state index contributed by atoms with van der Waals surface area (Å²) in [5.74, 6) is 0.921. The van der Waals surface area contributed by atoms with E-state index in [2.05, 4.69) is 10.5 Å². The Kier molecular flexibility index (Phi) is 3.97. The number of halogens is 1. The Bertz CT molecular complexity index is 851. The molecular weight excluding hydrogens is 299 g/mol. The van der Waals surface area contributed by atoms with E-state index in [9.17, 15) is 9.18 Å². The third-order valence-corrected chi connectivity index (χ3v) is 3.41. The van der Waals surface area contributed by atoms with Gasteiger partial charge in [0.05, 0.1) is 17.7 Å². The lowest BCUT2D eigenvalue weighted by Gasteiger charge is -2.00. The summed E-state index contributed by atoms with van der Waals surface area (Å²) in [6.07, 6.45) is 0. The average Bonchev–Trinajstić information content (AvgIpc) is 3.12. The number of carbonyl (C=O) groups excluding carboxylic acids is 1. The van der Waals surface area contributed by atoms with Gasteiger partial charge in [0.2, 0.25) is 0 Å². The maximum atomic E-state index is 13.7. The predicted octanol–water partition coefficient (Wildman–Crippen LogP) is 3.62. The van der Waals surface area contributed by atoms with Crippen molar-refractivity contribution in [3.8, 4) is 11.3 Å². The van der Waals surface area contributed by atoms with E-state index in [0.29, 0.717) is 34.1 Å². The van der Waals surface area contributed by atoms with Gasteiger partial charge in [-0.3, -0.25) is 4.79 Å². The van der Waals surface area contributed by atoms with Crippen molar-refractivity contribution in [2.45, 2.75) is 20.4 Å². The fourth-order valence-corrected chi connectivity index (χ4v) is 2.31. The van der Waals surface area contributed by atoms with Gasteiger partial charge in [-0.15, -0.1) is 0 Å². The fourth-order valence-electron chi connectivity index (χ4n) is 2.31. The Morgan fingerprint density at radius 2 is 2.04 bits per heavy atom. The summed E-state index contributed by atoms with van der Waals surface area (Å²) in [6.45, 7) is 3.69. The van der Waals surface area contributed by atoms with Gasteiger partial charge in [0, 0.05) is 6.07 Å². The minimum absolute atomic E-state index is 0.181. The van der Waals surface area contributed by atoms with Crippen LogP contribution in [0.5, 0.6) is 0 Å².